The van der Waals surface area contributed by atoms with Crippen molar-refractivity contribution in [2.45, 2.75) is 26.2 Å². The van der Waals surface area contributed by atoms with E-state index >= 15 is 0 Å². The molecule has 0 saturated carbocycles. The first kappa shape index (κ1) is 11.6. The SMILES string of the molecule is CCCCc1nn(-c2ccc(F)cc2)cc1N. The van der Waals surface area contributed by atoms with Crippen molar-refractivity contribution in [1.29, 1.82) is 0 Å². The number of nitrogen functional groups attached to an aromatic ring is 1. The van der Waals surface area contributed by atoms with Crippen molar-refractivity contribution in [2.24, 2.45) is 0 Å². The molecule has 0 aliphatic carbocycles. The average molecular weight is 233 g/mol. The molecule has 0 saturated heterocycles. The zero-order valence-electron chi connectivity index (χ0n) is 9.86. The highest BCUT2D eigenvalue weighted by Gasteiger charge is 2.06. The zero-order valence-corrected chi connectivity index (χ0v) is 9.86. The van der Waals surface area contributed by atoms with Crippen LogP contribution in [0.4, 0.5) is 10.1 Å². The van der Waals surface area contributed by atoms with Crippen molar-refractivity contribution in [3.8, 4) is 5.69 Å². The quantitative estimate of drug-likeness (QED) is 0.882. The van der Waals surface area contributed by atoms with Crippen molar-refractivity contribution < 1.29 is 4.39 Å². The largest absolute Gasteiger partial charge is 0.396 e. The van der Waals surface area contributed by atoms with Gasteiger partial charge < -0.3 is 5.73 Å². The third-order valence-corrected chi connectivity index (χ3v) is 2.68. The van der Waals surface area contributed by atoms with E-state index in [1.165, 1.54) is 12.1 Å². The molecule has 1 aromatic heterocycles. The number of rotatable bonds is 4. The standard InChI is InChI=1S/C13H16FN3/c1-2-3-4-13-12(15)9-17(16-13)11-7-5-10(14)6-8-11/h5-9H,2-4,15H2,1H3. The number of hydrogen-bond donors (Lipinski definition) is 1. The van der Waals surface area contributed by atoms with E-state index < -0.39 is 0 Å². The van der Waals surface area contributed by atoms with E-state index in [0.29, 0.717) is 5.69 Å². The second-order valence-corrected chi connectivity index (χ2v) is 4.06. The summed E-state index contributed by atoms with van der Waals surface area (Å²) in [5.41, 5.74) is 8.32. The Morgan fingerprint density at radius 3 is 2.65 bits per heavy atom. The Kier molecular flexibility index (Phi) is 3.42. The first-order valence-electron chi connectivity index (χ1n) is 5.80. The molecular weight excluding hydrogens is 217 g/mol. The highest BCUT2D eigenvalue weighted by atomic mass is 19.1. The van der Waals surface area contributed by atoms with Crippen molar-refractivity contribution in [1.82, 2.24) is 9.78 Å². The highest BCUT2D eigenvalue weighted by Crippen LogP contribution is 2.16. The lowest BCUT2D eigenvalue weighted by molar-refractivity contribution is 0.627. The predicted molar refractivity (Wildman–Crippen MR) is 66.5 cm³/mol. The fourth-order valence-corrected chi connectivity index (χ4v) is 1.69. The normalized spacial score (nSPS) is 10.7. The molecule has 4 heteroatoms. The topological polar surface area (TPSA) is 43.8 Å². The molecule has 0 atom stereocenters. The Morgan fingerprint density at radius 1 is 1.29 bits per heavy atom. The Morgan fingerprint density at radius 2 is 2.00 bits per heavy atom. The minimum atomic E-state index is -0.250. The summed E-state index contributed by atoms with van der Waals surface area (Å²) < 4.78 is 14.5. The van der Waals surface area contributed by atoms with Crippen LogP contribution in [0, 0.1) is 5.82 Å². The molecule has 0 aliphatic heterocycles. The molecule has 0 unspecified atom stereocenters. The van der Waals surface area contributed by atoms with E-state index in [-0.39, 0.29) is 5.82 Å². The van der Waals surface area contributed by atoms with Gasteiger partial charge in [0, 0.05) is 0 Å². The lowest BCUT2D eigenvalue weighted by Crippen LogP contribution is -1.96. The minimum absolute atomic E-state index is 0.250. The maximum Gasteiger partial charge on any atom is 0.123 e. The van der Waals surface area contributed by atoms with Gasteiger partial charge in [0.25, 0.3) is 0 Å². The second-order valence-electron chi connectivity index (χ2n) is 4.06. The van der Waals surface area contributed by atoms with Crippen molar-refractivity contribution in [3.63, 3.8) is 0 Å². The summed E-state index contributed by atoms with van der Waals surface area (Å²) in [4.78, 5) is 0. The van der Waals surface area contributed by atoms with E-state index in [0.717, 1.165) is 30.6 Å². The van der Waals surface area contributed by atoms with Crippen LogP contribution in [0.15, 0.2) is 30.5 Å². The Hall–Kier alpha value is -1.84. The van der Waals surface area contributed by atoms with Crippen LogP contribution in [0.3, 0.4) is 0 Å². The monoisotopic (exact) mass is 233 g/mol. The van der Waals surface area contributed by atoms with Gasteiger partial charge in [0.1, 0.15) is 5.82 Å². The molecule has 90 valence electrons. The number of aryl methyl sites for hydroxylation is 1. The van der Waals surface area contributed by atoms with Gasteiger partial charge in [-0.25, -0.2) is 9.07 Å². The van der Waals surface area contributed by atoms with Gasteiger partial charge in [0.05, 0.1) is 23.3 Å². The molecule has 1 aromatic carbocycles. The highest BCUT2D eigenvalue weighted by molar-refractivity contribution is 5.44. The summed E-state index contributed by atoms with van der Waals surface area (Å²) in [6, 6.07) is 6.20. The maximum atomic E-state index is 12.8. The van der Waals surface area contributed by atoms with Crippen LogP contribution in [0.25, 0.3) is 5.69 Å². The summed E-state index contributed by atoms with van der Waals surface area (Å²) in [5, 5.41) is 4.42. The molecule has 0 spiro atoms. The van der Waals surface area contributed by atoms with Crippen molar-refractivity contribution in [3.05, 3.63) is 42.0 Å². The van der Waals surface area contributed by atoms with Crippen LogP contribution in [-0.2, 0) is 6.42 Å². The Labute approximate surface area is 100 Å². The molecule has 17 heavy (non-hydrogen) atoms. The van der Waals surface area contributed by atoms with Crippen LogP contribution in [0.1, 0.15) is 25.5 Å². The number of aromatic nitrogens is 2. The molecule has 2 rings (SSSR count). The van der Waals surface area contributed by atoms with Gasteiger partial charge in [0.15, 0.2) is 0 Å². The van der Waals surface area contributed by atoms with Crippen molar-refractivity contribution >= 4 is 5.69 Å². The molecule has 1 heterocycles. The fraction of sp³-hybridized carbons (Fsp3) is 0.308. The van der Waals surface area contributed by atoms with Crippen LogP contribution in [0.5, 0.6) is 0 Å². The summed E-state index contributed by atoms with van der Waals surface area (Å²) in [7, 11) is 0. The number of halogens is 1. The van der Waals surface area contributed by atoms with E-state index in [9.17, 15) is 4.39 Å². The number of benzene rings is 1. The Bertz CT molecular complexity index is 488. The lowest BCUT2D eigenvalue weighted by Gasteiger charge is -2.00. The second kappa shape index (κ2) is 4.99. The van der Waals surface area contributed by atoms with E-state index in [2.05, 4.69) is 12.0 Å². The van der Waals surface area contributed by atoms with Gasteiger partial charge in [-0.1, -0.05) is 13.3 Å². The number of hydrogen-bond acceptors (Lipinski definition) is 2. The van der Waals surface area contributed by atoms with Gasteiger partial charge >= 0.3 is 0 Å². The smallest absolute Gasteiger partial charge is 0.123 e. The predicted octanol–water partition coefficient (Wildman–Crippen LogP) is 2.94. The van der Waals surface area contributed by atoms with Crippen LogP contribution in [-0.4, -0.2) is 9.78 Å². The number of nitrogens with zero attached hydrogens (tertiary/aromatic N) is 2. The molecule has 0 bridgehead atoms. The maximum absolute atomic E-state index is 12.8. The van der Waals surface area contributed by atoms with Gasteiger partial charge in [-0.15, -0.1) is 0 Å². The van der Waals surface area contributed by atoms with Crippen LogP contribution >= 0.6 is 0 Å². The molecule has 3 nitrogen and oxygen atoms in total. The van der Waals surface area contributed by atoms with Gasteiger partial charge in [-0.05, 0) is 37.1 Å². The average Bonchev–Trinajstić information content (AvgIpc) is 2.69. The molecule has 0 radical (unpaired) electrons. The number of nitrogens with two attached hydrogens (primary N) is 1. The van der Waals surface area contributed by atoms with Crippen LogP contribution in [0.2, 0.25) is 0 Å². The van der Waals surface area contributed by atoms with E-state index in [1.54, 1.807) is 23.0 Å². The molecule has 0 amide bonds. The number of anilines is 1. The van der Waals surface area contributed by atoms with Crippen LogP contribution < -0.4 is 5.73 Å². The van der Waals surface area contributed by atoms with E-state index in [4.69, 9.17) is 5.73 Å². The molecule has 0 fully saturated rings. The van der Waals surface area contributed by atoms with Crippen molar-refractivity contribution in [2.75, 3.05) is 5.73 Å². The fourth-order valence-electron chi connectivity index (χ4n) is 1.69. The minimum Gasteiger partial charge on any atom is -0.396 e. The molecular formula is C13H16FN3. The van der Waals surface area contributed by atoms with Gasteiger partial charge in [0.2, 0.25) is 0 Å². The summed E-state index contributed by atoms with van der Waals surface area (Å²) in [6.45, 7) is 2.13. The van der Waals surface area contributed by atoms with Gasteiger partial charge in [-0.3, -0.25) is 0 Å². The third kappa shape index (κ3) is 2.64. The molecule has 2 aromatic rings. The summed E-state index contributed by atoms with van der Waals surface area (Å²) in [5.74, 6) is -0.250. The van der Waals surface area contributed by atoms with E-state index in [1.807, 2.05) is 0 Å². The summed E-state index contributed by atoms with van der Waals surface area (Å²) >= 11 is 0. The molecule has 0 aliphatic rings. The summed E-state index contributed by atoms with van der Waals surface area (Å²) in [6.07, 6.45) is 4.85. The first-order valence-corrected chi connectivity index (χ1v) is 5.80. The molecule has 2 N–H and O–H groups in total. The number of unbranched alkanes of at least 4 members (excludes halogenated alkanes) is 1. The third-order valence-electron chi connectivity index (χ3n) is 2.68. The first-order chi connectivity index (χ1) is 8.20. The Balaban J connectivity index is 2.24. The van der Waals surface area contributed by atoms with Gasteiger partial charge in [-0.2, -0.15) is 5.10 Å². The zero-order chi connectivity index (χ0) is 12.3. The lowest BCUT2D eigenvalue weighted by atomic mass is 10.2.